The van der Waals surface area contributed by atoms with Crippen molar-refractivity contribution in [2.24, 2.45) is 0 Å². The second-order valence-electron chi connectivity index (χ2n) is 2.91. The fourth-order valence-corrected chi connectivity index (χ4v) is 1.89. The number of carbonyl (C=O) groups excluding carboxylic acids is 1. The minimum Gasteiger partial charge on any atom is -0.293 e. The summed E-state index contributed by atoms with van der Waals surface area (Å²) in [4.78, 5) is 21.5. The standard InChI is InChI=1S/C9H7ClINO3/c1-5-7(9(13)4-10)2-6(12(14)15)3-8(5)11/h2-3H,4H2,1H3. The summed E-state index contributed by atoms with van der Waals surface area (Å²) >= 11 is 7.38. The monoisotopic (exact) mass is 339 g/mol. The van der Waals surface area contributed by atoms with E-state index in [-0.39, 0.29) is 17.4 Å². The molecule has 1 rings (SSSR count). The minimum absolute atomic E-state index is 0.0848. The molecule has 0 atom stereocenters. The number of carbonyl (C=O) groups is 1. The second kappa shape index (κ2) is 4.89. The lowest BCUT2D eigenvalue weighted by Gasteiger charge is -2.05. The minimum atomic E-state index is -0.521. The lowest BCUT2D eigenvalue weighted by Crippen LogP contribution is -2.05. The van der Waals surface area contributed by atoms with Gasteiger partial charge in [0.2, 0.25) is 0 Å². The highest BCUT2D eigenvalue weighted by Crippen LogP contribution is 2.24. The second-order valence-corrected chi connectivity index (χ2v) is 4.34. The zero-order valence-corrected chi connectivity index (χ0v) is 10.7. The summed E-state index contributed by atoms with van der Waals surface area (Å²) in [6.45, 7) is 1.74. The van der Waals surface area contributed by atoms with E-state index < -0.39 is 4.92 Å². The van der Waals surface area contributed by atoms with E-state index >= 15 is 0 Å². The summed E-state index contributed by atoms with van der Waals surface area (Å²) < 4.78 is 0.690. The SMILES string of the molecule is Cc1c(I)cc([N+](=O)[O-])cc1C(=O)CCl. The molecule has 0 aliphatic carbocycles. The van der Waals surface area contributed by atoms with E-state index in [1.165, 1.54) is 12.1 Å². The Kier molecular flexibility index (Phi) is 4.04. The van der Waals surface area contributed by atoms with Crippen LogP contribution in [0.1, 0.15) is 15.9 Å². The largest absolute Gasteiger partial charge is 0.293 e. The Bertz CT molecular complexity index is 434. The quantitative estimate of drug-likeness (QED) is 0.280. The molecule has 0 aromatic heterocycles. The highest BCUT2D eigenvalue weighted by atomic mass is 127. The van der Waals surface area contributed by atoms with Gasteiger partial charge >= 0.3 is 0 Å². The number of non-ortho nitro benzene ring substituents is 1. The van der Waals surface area contributed by atoms with Gasteiger partial charge in [0.15, 0.2) is 5.78 Å². The predicted molar refractivity (Wildman–Crippen MR) is 65.6 cm³/mol. The zero-order chi connectivity index (χ0) is 11.6. The average Bonchev–Trinajstić information content (AvgIpc) is 2.20. The van der Waals surface area contributed by atoms with Gasteiger partial charge in [-0.1, -0.05) is 0 Å². The third-order valence-electron chi connectivity index (χ3n) is 1.96. The van der Waals surface area contributed by atoms with Gasteiger partial charge in [0, 0.05) is 21.3 Å². The van der Waals surface area contributed by atoms with Crippen molar-refractivity contribution in [3.63, 3.8) is 0 Å². The smallest absolute Gasteiger partial charge is 0.271 e. The molecule has 80 valence electrons. The summed E-state index contributed by atoms with van der Waals surface area (Å²) in [5, 5.41) is 10.6. The molecule has 6 heteroatoms. The molecule has 0 radical (unpaired) electrons. The van der Waals surface area contributed by atoms with Gasteiger partial charge in [-0.15, -0.1) is 11.6 Å². The van der Waals surface area contributed by atoms with Crippen LogP contribution in [0.3, 0.4) is 0 Å². The molecule has 1 aromatic rings. The van der Waals surface area contributed by atoms with Crippen molar-refractivity contribution >= 4 is 45.7 Å². The molecule has 15 heavy (non-hydrogen) atoms. The summed E-state index contributed by atoms with van der Waals surface area (Å²) in [5.41, 5.74) is 0.967. The van der Waals surface area contributed by atoms with E-state index in [9.17, 15) is 14.9 Å². The molecule has 0 N–H and O–H groups in total. The number of ketones is 1. The molecule has 0 spiro atoms. The summed E-state index contributed by atoms with van der Waals surface area (Å²) in [5.74, 6) is -0.464. The maximum absolute atomic E-state index is 11.4. The van der Waals surface area contributed by atoms with Crippen LogP contribution in [-0.4, -0.2) is 16.6 Å². The summed E-state index contributed by atoms with van der Waals surface area (Å²) in [7, 11) is 0. The van der Waals surface area contributed by atoms with E-state index in [1.807, 2.05) is 22.6 Å². The fraction of sp³-hybridized carbons (Fsp3) is 0.222. The first-order valence-electron chi connectivity index (χ1n) is 4.01. The number of hydrogen-bond acceptors (Lipinski definition) is 3. The van der Waals surface area contributed by atoms with E-state index in [4.69, 9.17) is 11.6 Å². The van der Waals surface area contributed by atoms with Gasteiger partial charge in [0.1, 0.15) is 0 Å². The van der Waals surface area contributed by atoms with E-state index in [1.54, 1.807) is 6.92 Å². The summed E-state index contributed by atoms with van der Waals surface area (Å²) in [6, 6.07) is 2.70. The predicted octanol–water partition coefficient (Wildman–Crippen LogP) is 2.93. The van der Waals surface area contributed by atoms with Crippen LogP contribution in [0, 0.1) is 20.6 Å². The van der Waals surface area contributed by atoms with Gasteiger partial charge in [0.05, 0.1) is 10.8 Å². The van der Waals surface area contributed by atoms with Crippen molar-refractivity contribution in [2.45, 2.75) is 6.92 Å². The maximum atomic E-state index is 11.4. The number of halogens is 2. The molecule has 0 saturated carbocycles. The number of nitro groups is 1. The van der Waals surface area contributed by atoms with Gasteiger partial charge in [-0.3, -0.25) is 14.9 Å². The Labute approximate surface area is 105 Å². The van der Waals surface area contributed by atoms with Gasteiger partial charge in [-0.25, -0.2) is 0 Å². The fourth-order valence-electron chi connectivity index (χ4n) is 1.13. The number of rotatable bonds is 3. The molecule has 1 aromatic carbocycles. The van der Waals surface area contributed by atoms with Gasteiger partial charge in [-0.2, -0.15) is 0 Å². The first-order chi connectivity index (χ1) is 6.97. The number of hydrogen-bond donors (Lipinski definition) is 0. The number of alkyl halides is 1. The Morgan fingerprint density at radius 2 is 2.20 bits per heavy atom. The Morgan fingerprint density at radius 1 is 1.60 bits per heavy atom. The van der Waals surface area contributed by atoms with Crippen LogP contribution >= 0.6 is 34.2 Å². The molecule has 0 saturated heterocycles. The van der Waals surface area contributed by atoms with Crippen LogP contribution in [0.5, 0.6) is 0 Å². The van der Waals surface area contributed by atoms with Crippen molar-refractivity contribution in [3.05, 3.63) is 36.9 Å². The van der Waals surface area contributed by atoms with Crippen molar-refractivity contribution in [3.8, 4) is 0 Å². The molecular formula is C9H7ClINO3. The molecule has 0 fully saturated rings. The van der Waals surface area contributed by atoms with Crippen LogP contribution < -0.4 is 0 Å². The Morgan fingerprint density at radius 3 is 2.67 bits per heavy atom. The zero-order valence-electron chi connectivity index (χ0n) is 7.79. The first-order valence-corrected chi connectivity index (χ1v) is 5.62. The normalized spacial score (nSPS) is 10.1. The van der Waals surface area contributed by atoms with Crippen LogP contribution in [0.2, 0.25) is 0 Å². The number of nitro benzene ring substituents is 1. The average molecular weight is 340 g/mol. The Hall–Kier alpha value is -0.690. The number of benzene rings is 1. The van der Waals surface area contributed by atoms with Crippen LogP contribution in [0.25, 0.3) is 0 Å². The lowest BCUT2D eigenvalue weighted by molar-refractivity contribution is -0.385. The van der Waals surface area contributed by atoms with Crippen molar-refractivity contribution in [2.75, 3.05) is 5.88 Å². The van der Waals surface area contributed by atoms with Gasteiger partial charge in [0.25, 0.3) is 5.69 Å². The number of nitrogens with zero attached hydrogens (tertiary/aromatic N) is 1. The highest BCUT2D eigenvalue weighted by molar-refractivity contribution is 14.1. The maximum Gasteiger partial charge on any atom is 0.271 e. The van der Waals surface area contributed by atoms with Gasteiger partial charge in [-0.05, 0) is 35.1 Å². The molecule has 4 nitrogen and oxygen atoms in total. The van der Waals surface area contributed by atoms with Crippen LogP contribution in [-0.2, 0) is 0 Å². The van der Waals surface area contributed by atoms with Gasteiger partial charge < -0.3 is 0 Å². The molecule has 0 aliphatic rings. The first kappa shape index (κ1) is 12.4. The van der Waals surface area contributed by atoms with Crippen LogP contribution in [0.4, 0.5) is 5.69 Å². The molecular weight excluding hydrogens is 332 g/mol. The third-order valence-corrected chi connectivity index (χ3v) is 3.32. The molecule has 0 aliphatic heterocycles. The lowest BCUT2D eigenvalue weighted by atomic mass is 10.0. The topological polar surface area (TPSA) is 60.2 Å². The Balaban J connectivity index is 3.37. The van der Waals surface area contributed by atoms with E-state index in [0.29, 0.717) is 9.13 Å². The van der Waals surface area contributed by atoms with Crippen molar-refractivity contribution in [1.29, 1.82) is 0 Å². The summed E-state index contributed by atoms with van der Waals surface area (Å²) in [6.07, 6.45) is 0. The highest BCUT2D eigenvalue weighted by Gasteiger charge is 2.16. The van der Waals surface area contributed by atoms with Crippen LogP contribution in [0.15, 0.2) is 12.1 Å². The van der Waals surface area contributed by atoms with E-state index in [2.05, 4.69) is 0 Å². The molecule has 0 amide bonds. The molecule has 0 unspecified atom stereocenters. The van der Waals surface area contributed by atoms with E-state index in [0.717, 1.165) is 5.56 Å². The third kappa shape index (κ3) is 2.66. The van der Waals surface area contributed by atoms with Crippen molar-refractivity contribution < 1.29 is 9.72 Å². The molecule has 0 bridgehead atoms. The van der Waals surface area contributed by atoms with Crippen molar-refractivity contribution in [1.82, 2.24) is 0 Å². The number of Topliss-reactive ketones (excluding diaryl/α,β-unsaturated/α-hetero) is 1. The molecule has 0 heterocycles.